The Balaban J connectivity index is 2.14. The molecule has 1 saturated carbocycles. The summed E-state index contributed by atoms with van der Waals surface area (Å²) < 4.78 is 5.53. The van der Waals surface area contributed by atoms with Crippen LogP contribution in [-0.4, -0.2) is 6.61 Å². The van der Waals surface area contributed by atoms with Gasteiger partial charge in [0.15, 0.2) is 0 Å². The van der Waals surface area contributed by atoms with Gasteiger partial charge in [-0.3, -0.25) is 0 Å². The van der Waals surface area contributed by atoms with Crippen LogP contribution in [-0.2, 0) is 6.42 Å². The average Bonchev–Trinajstić information content (AvgIpc) is 3.01. The second-order valence-electron chi connectivity index (χ2n) is 4.25. The van der Waals surface area contributed by atoms with E-state index >= 15 is 0 Å². The Morgan fingerprint density at radius 3 is 2.93 bits per heavy atom. The maximum absolute atomic E-state index is 5.53. The number of aryl methyl sites for hydroxylation is 1. The van der Waals surface area contributed by atoms with Crippen LogP contribution in [0.1, 0.15) is 24.0 Å². The number of ether oxygens (including phenoxy) is 1. The van der Waals surface area contributed by atoms with Crippen molar-refractivity contribution in [1.29, 1.82) is 0 Å². The molecule has 0 radical (unpaired) electrons. The minimum atomic E-state index is 0.362. The van der Waals surface area contributed by atoms with Crippen LogP contribution in [0.25, 0.3) is 0 Å². The Labute approximate surface area is 91.5 Å². The van der Waals surface area contributed by atoms with Crippen LogP contribution in [0, 0.1) is 25.2 Å². The van der Waals surface area contributed by atoms with Gasteiger partial charge in [-0.05, 0) is 43.7 Å². The molecule has 0 heterocycles. The second-order valence-corrected chi connectivity index (χ2v) is 4.25. The molecule has 2 rings (SSSR count). The highest BCUT2D eigenvalue weighted by Crippen LogP contribution is 2.35. The third-order valence-electron chi connectivity index (χ3n) is 2.73. The third kappa shape index (κ3) is 2.76. The molecule has 1 aliphatic rings. The SMILES string of the molecule is C#CCOc1ccc(C)cc1CC1CC1. The first-order valence-corrected chi connectivity index (χ1v) is 5.45. The molecule has 0 saturated heterocycles. The van der Waals surface area contributed by atoms with Gasteiger partial charge in [0.2, 0.25) is 0 Å². The molecule has 78 valence electrons. The van der Waals surface area contributed by atoms with Gasteiger partial charge < -0.3 is 4.74 Å². The van der Waals surface area contributed by atoms with Crippen LogP contribution in [0.15, 0.2) is 18.2 Å². The molecular formula is C14H16O. The maximum atomic E-state index is 5.53. The topological polar surface area (TPSA) is 9.23 Å². The van der Waals surface area contributed by atoms with E-state index < -0.39 is 0 Å². The summed E-state index contributed by atoms with van der Waals surface area (Å²) in [6.07, 6.45) is 9.06. The van der Waals surface area contributed by atoms with Gasteiger partial charge in [-0.15, -0.1) is 6.42 Å². The van der Waals surface area contributed by atoms with Crippen molar-refractivity contribution in [3.05, 3.63) is 29.3 Å². The van der Waals surface area contributed by atoms with Crippen molar-refractivity contribution in [3.63, 3.8) is 0 Å². The fourth-order valence-electron chi connectivity index (χ4n) is 1.76. The molecule has 1 heteroatoms. The Bertz CT molecular complexity index is 383. The van der Waals surface area contributed by atoms with Crippen molar-refractivity contribution in [2.24, 2.45) is 5.92 Å². The van der Waals surface area contributed by atoms with Gasteiger partial charge in [0.1, 0.15) is 12.4 Å². The van der Waals surface area contributed by atoms with E-state index in [9.17, 15) is 0 Å². The van der Waals surface area contributed by atoms with Gasteiger partial charge >= 0.3 is 0 Å². The molecule has 1 aromatic rings. The van der Waals surface area contributed by atoms with Gasteiger partial charge in [-0.25, -0.2) is 0 Å². The highest BCUT2D eigenvalue weighted by Gasteiger charge is 2.23. The van der Waals surface area contributed by atoms with E-state index in [1.807, 2.05) is 6.07 Å². The summed E-state index contributed by atoms with van der Waals surface area (Å²) >= 11 is 0. The molecule has 15 heavy (non-hydrogen) atoms. The predicted octanol–water partition coefficient (Wildman–Crippen LogP) is 2.96. The number of benzene rings is 1. The quantitative estimate of drug-likeness (QED) is 0.679. The first kappa shape index (κ1) is 10.1. The zero-order valence-electron chi connectivity index (χ0n) is 9.12. The molecule has 0 N–H and O–H groups in total. The van der Waals surface area contributed by atoms with E-state index in [0.717, 1.165) is 18.1 Å². The number of hydrogen-bond acceptors (Lipinski definition) is 1. The monoisotopic (exact) mass is 200 g/mol. The van der Waals surface area contributed by atoms with Crippen LogP contribution >= 0.6 is 0 Å². The average molecular weight is 200 g/mol. The normalized spacial score (nSPS) is 14.7. The highest BCUT2D eigenvalue weighted by atomic mass is 16.5. The zero-order chi connectivity index (χ0) is 10.7. The fourth-order valence-corrected chi connectivity index (χ4v) is 1.76. The molecule has 0 unspecified atom stereocenters. The van der Waals surface area contributed by atoms with E-state index in [1.165, 1.54) is 24.0 Å². The van der Waals surface area contributed by atoms with Crippen molar-refractivity contribution in [2.45, 2.75) is 26.2 Å². The minimum absolute atomic E-state index is 0.362. The molecule has 0 amide bonds. The van der Waals surface area contributed by atoms with Crippen LogP contribution in [0.3, 0.4) is 0 Å². The second kappa shape index (κ2) is 4.40. The third-order valence-corrected chi connectivity index (χ3v) is 2.73. The summed E-state index contributed by atoms with van der Waals surface area (Å²) in [4.78, 5) is 0. The molecule has 1 nitrogen and oxygen atoms in total. The lowest BCUT2D eigenvalue weighted by Gasteiger charge is -2.10. The molecule has 0 bridgehead atoms. The number of terminal acetylenes is 1. The van der Waals surface area contributed by atoms with Gasteiger partial charge in [0.05, 0.1) is 0 Å². The number of rotatable bonds is 4. The summed E-state index contributed by atoms with van der Waals surface area (Å²) in [5.41, 5.74) is 2.60. The maximum Gasteiger partial charge on any atom is 0.148 e. The van der Waals surface area contributed by atoms with Gasteiger partial charge in [-0.1, -0.05) is 23.6 Å². The fraction of sp³-hybridized carbons (Fsp3) is 0.429. The van der Waals surface area contributed by atoms with E-state index in [0.29, 0.717) is 6.61 Å². The van der Waals surface area contributed by atoms with Gasteiger partial charge in [0.25, 0.3) is 0 Å². The summed E-state index contributed by atoms with van der Waals surface area (Å²) in [7, 11) is 0. The Morgan fingerprint density at radius 1 is 1.47 bits per heavy atom. The lowest BCUT2D eigenvalue weighted by molar-refractivity contribution is 0.365. The summed E-state index contributed by atoms with van der Waals surface area (Å²) in [6, 6.07) is 6.32. The Morgan fingerprint density at radius 2 is 2.27 bits per heavy atom. The molecule has 1 aromatic carbocycles. The van der Waals surface area contributed by atoms with Crippen LogP contribution in [0.2, 0.25) is 0 Å². The zero-order valence-corrected chi connectivity index (χ0v) is 9.12. The van der Waals surface area contributed by atoms with Crippen molar-refractivity contribution in [1.82, 2.24) is 0 Å². The summed E-state index contributed by atoms with van der Waals surface area (Å²) in [6.45, 7) is 2.47. The first-order valence-electron chi connectivity index (χ1n) is 5.45. The van der Waals surface area contributed by atoms with Crippen molar-refractivity contribution < 1.29 is 4.74 Å². The largest absolute Gasteiger partial charge is 0.481 e. The molecule has 0 aliphatic heterocycles. The molecular weight excluding hydrogens is 184 g/mol. The van der Waals surface area contributed by atoms with Gasteiger partial charge in [0, 0.05) is 0 Å². The van der Waals surface area contributed by atoms with E-state index in [-0.39, 0.29) is 0 Å². The summed E-state index contributed by atoms with van der Waals surface area (Å²) in [5, 5.41) is 0. The van der Waals surface area contributed by atoms with Crippen molar-refractivity contribution in [2.75, 3.05) is 6.61 Å². The molecule has 0 spiro atoms. The minimum Gasteiger partial charge on any atom is -0.481 e. The number of hydrogen-bond donors (Lipinski definition) is 0. The van der Waals surface area contributed by atoms with Crippen LogP contribution < -0.4 is 4.74 Å². The smallest absolute Gasteiger partial charge is 0.148 e. The standard InChI is InChI=1S/C14H16O/c1-3-8-15-14-7-4-11(2)9-13(14)10-12-5-6-12/h1,4,7,9,12H,5-6,8,10H2,2H3. The van der Waals surface area contributed by atoms with Crippen LogP contribution in [0.5, 0.6) is 5.75 Å². The summed E-state index contributed by atoms with van der Waals surface area (Å²) in [5.74, 6) is 4.34. The van der Waals surface area contributed by atoms with Gasteiger partial charge in [-0.2, -0.15) is 0 Å². The highest BCUT2D eigenvalue weighted by molar-refractivity contribution is 5.37. The van der Waals surface area contributed by atoms with E-state index in [1.54, 1.807) is 0 Å². The first-order chi connectivity index (χ1) is 7.29. The molecule has 0 atom stereocenters. The molecule has 1 fully saturated rings. The molecule has 1 aliphatic carbocycles. The van der Waals surface area contributed by atoms with Crippen LogP contribution in [0.4, 0.5) is 0 Å². The lowest BCUT2D eigenvalue weighted by Crippen LogP contribution is -1.99. The predicted molar refractivity (Wildman–Crippen MR) is 61.9 cm³/mol. The van der Waals surface area contributed by atoms with E-state index in [4.69, 9.17) is 11.2 Å². The Kier molecular flexibility index (Phi) is 2.97. The van der Waals surface area contributed by atoms with E-state index in [2.05, 4.69) is 25.0 Å². The van der Waals surface area contributed by atoms with Crippen molar-refractivity contribution in [3.8, 4) is 18.1 Å². The molecule has 0 aromatic heterocycles. The Hall–Kier alpha value is -1.42. The lowest BCUT2D eigenvalue weighted by atomic mass is 10.1. The van der Waals surface area contributed by atoms with Crippen molar-refractivity contribution >= 4 is 0 Å².